The second-order valence-corrected chi connectivity index (χ2v) is 8.41. The predicted octanol–water partition coefficient (Wildman–Crippen LogP) is -0.0160. The first-order chi connectivity index (χ1) is 13.2. The van der Waals surface area contributed by atoms with E-state index in [1.807, 2.05) is 4.68 Å². The lowest BCUT2D eigenvalue weighted by Crippen LogP contribution is -3.28. The minimum Gasteiger partial charge on any atom is -0.326 e. The molecule has 4 rings (SSSR count). The van der Waals surface area contributed by atoms with Crippen LogP contribution in [0.1, 0.15) is 34.8 Å². The van der Waals surface area contributed by atoms with E-state index in [1.54, 1.807) is 21.1 Å². The normalized spacial score (nSPS) is 21.3. The van der Waals surface area contributed by atoms with Crippen LogP contribution in [0.3, 0.4) is 0 Å². The zero-order chi connectivity index (χ0) is 18.6. The third-order valence-corrected chi connectivity index (χ3v) is 6.48. The third-order valence-electron chi connectivity index (χ3n) is 5.62. The van der Waals surface area contributed by atoms with Crippen molar-refractivity contribution in [3.63, 3.8) is 0 Å². The minimum absolute atomic E-state index is 0.180. The maximum Gasteiger partial charge on any atom is 0.214 e. The standard InChI is InChI=1S/C20H26N6S/c1-3-24-10-12-25(13-11-24)19(17-8-6-16(2)7-9-17)20-21-22-23-26(20)15-18-5-4-14-27-18/h4-9,14,19H,3,10-13,15H2,1-2H3/p+2/t19-/m1/s1. The van der Waals surface area contributed by atoms with Gasteiger partial charge in [0.2, 0.25) is 5.82 Å². The number of quaternary nitrogens is 2. The largest absolute Gasteiger partial charge is 0.326 e. The monoisotopic (exact) mass is 384 g/mol. The molecule has 0 unspecified atom stereocenters. The molecule has 7 heteroatoms. The summed E-state index contributed by atoms with van der Waals surface area (Å²) >= 11 is 1.75. The lowest BCUT2D eigenvalue weighted by molar-refractivity contribution is -1.02. The highest BCUT2D eigenvalue weighted by Gasteiger charge is 2.35. The zero-order valence-electron chi connectivity index (χ0n) is 16.1. The van der Waals surface area contributed by atoms with Gasteiger partial charge in [-0.1, -0.05) is 35.9 Å². The maximum atomic E-state index is 4.49. The molecule has 0 spiro atoms. The smallest absolute Gasteiger partial charge is 0.214 e. The number of likely N-dealkylation sites (N-methyl/N-ethyl adjacent to an activating group) is 1. The fourth-order valence-electron chi connectivity index (χ4n) is 3.97. The molecule has 0 amide bonds. The second kappa shape index (κ2) is 8.29. The first kappa shape index (κ1) is 18.3. The van der Waals surface area contributed by atoms with E-state index in [9.17, 15) is 0 Å². The van der Waals surface area contributed by atoms with Crippen molar-refractivity contribution in [2.24, 2.45) is 0 Å². The molecule has 27 heavy (non-hydrogen) atoms. The number of aromatic nitrogens is 4. The van der Waals surface area contributed by atoms with E-state index in [0.29, 0.717) is 0 Å². The van der Waals surface area contributed by atoms with Crippen molar-refractivity contribution in [2.45, 2.75) is 26.4 Å². The summed E-state index contributed by atoms with van der Waals surface area (Å²) in [6.45, 7) is 11.1. The van der Waals surface area contributed by atoms with Crippen LogP contribution < -0.4 is 9.80 Å². The van der Waals surface area contributed by atoms with Crippen LogP contribution in [0.4, 0.5) is 0 Å². The lowest BCUT2D eigenvalue weighted by atomic mass is 10.0. The molecule has 1 aliphatic rings. The molecule has 3 heterocycles. The molecule has 142 valence electrons. The quantitative estimate of drug-likeness (QED) is 0.628. The topological polar surface area (TPSA) is 52.5 Å². The van der Waals surface area contributed by atoms with Gasteiger partial charge in [0.05, 0.1) is 13.1 Å². The Bertz CT molecular complexity index is 834. The summed E-state index contributed by atoms with van der Waals surface area (Å²) < 4.78 is 1.99. The highest BCUT2D eigenvalue weighted by molar-refractivity contribution is 7.09. The number of benzene rings is 1. The van der Waals surface area contributed by atoms with Gasteiger partial charge in [0.15, 0.2) is 6.04 Å². The van der Waals surface area contributed by atoms with Crippen LogP contribution >= 0.6 is 11.3 Å². The Morgan fingerprint density at radius 2 is 1.89 bits per heavy atom. The van der Waals surface area contributed by atoms with Gasteiger partial charge in [-0.05, 0) is 35.7 Å². The van der Waals surface area contributed by atoms with E-state index < -0.39 is 0 Å². The van der Waals surface area contributed by atoms with E-state index in [-0.39, 0.29) is 6.04 Å². The Kier molecular flexibility index (Phi) is 5.61. The number of aryl methyl sites for hydroxylation is 1. The molecule has 1 fully saturated rings. The number of nitrogens with zero attached hydrogens (tertiary/aromatic N) is 4. The molecule has 1 aromatic carbocycles. The summed E-state index contributed by atoms with van der Waals surface area (Å²) in [6, 6.07) is 13.3. The second-order valence-electron chi connectivity index (χ2n) is 7.38. The lowest BCUT2D eigenvalue weighted by Gasteiger charge is -2.33. The van der Waals surface area contributed by atoms with Gasteiger partial charge >= 0.3 is 0 Å². The molecule has 3 aromatic rings. The molecule has 0 radical (unpaired) electrons. The van der Waals surface area contributed by atoms with Crippen LogP contribution in [-0.2, 0) is 6.54 Å². The van der Waals surface area contributed by atoms with Gasteiger partial charge in [0.1, 0.15) is 26.2 Å². The van der Waals surface area contributed by atoms with Crippen LogP contribution in [0.25, 0.3) is 0 Å². The summed E-state index contributed by atoms with van der Waals surface area (Å²) in [5, 5.41) is 15.0. The number of hydrogen-bond acceptors (Lipinski definition) is 4. The van der Waals surface area contributed by atoms with Gasteiger partial charge in [-0.3, -0.25) is 0 Å². The van der Waals surface area contributed by atoms with Crippen LogP contribution in [0, 0.1) is 6.92 Å². The Labute approximate surface area is 164 Å². The molecule has 0 bridgehead atoms. The fraction of sp³-hybridized carbons (Fsp3) is 0.450. The highest BCUT2D eigenvalue weighted by Crippen LogP contribution is 2.19. The Hall–Kier alpha value is -2.09. The van der Waals surface area contributed by atoms with Crippen molar-refractivity contribution in [1.29, 1.82) is 0 Å². The van der Waals surface area contributed by atoms with Crippen LogP contribution in [-0.4, -0.2) is 52.9 Å². The summed E-state index contributed by atoms with van der Waals surface area (Å²) in [6.07, 6.45) is 0. The SMILES string of the molecule is CC[NH+]1CC[NH+]([C@H](c2ccc(C)cc2)c2nnnn2Cc2cccs2)CC1. The number of tetrazole rings is 1. The molecule has 1 atom stereocenters. The molecule has 1 saturated heterocycles. The number of nitrogens with one attached hydrogen (secondary N) is 2. The van der Waals surface area contributed by atoms with Crippen LogP contribution in [0.15, 0.2) is 41.8 Å². The van der Waals surface area contributed by atoms with Crippen molar-refractivity contribution < 1.29 is 9.80 Å². The Morgan fingerprint density at radius 1 is 1.11 bits per heavy atom. The van der Waals surface area contributed by atoms with Crippen LogP contribution in [0.5, 0.6) is 0 Å². The van der Waals surface area contributed by atoms with Crippen molar-refractivity contribution in [2.75, 3.05) is 32.7 Å². The molecule has 6 nitrogen and oxygen atoms in total. The van der Waals surface area contributed by atoms with Gasteiger partial charge < -0.3 is 9.80 Å². The van der Waals surface area contributed by atoms with E-state index in [1.165, 1.54) is 35.6 Å². The first-order valence-corrected chi connectivity index (χ1v) is 10.7. The highest BCUT2D eigenvalue weighted by atomic mass is 32.1. The molecule has 0 aliphatic carbocycles. The number of hydrogen-bond donors (Lipinski definition) is 2. The van der Waals surface area contributed by atoms with Crippen LogP contribution in [0.2, 0.25) is 0 Å². The zero-order valence-corrected chi connectivity index (χ0v) is 16.9. The Morgan fingerprint density at radius 3 is 2.56 bits per heavy atom. The van der Waals surface area contributed by atoms with E-state index in [4.69, 9.17) is 0 Å². The van der Waals surface area contributed by atoms with Gasteiger partial charge in [0, 0.05) is 10.4 Å². The van der Waals surface area contributed by atoms with E-state index >= 15 is 0 Å². The average molecular weight is 385 g/mol. The Balaban J connectivity index is 1.66. The molecular weight excluding hydrogens is 356 g/mol. The third kappa shape index (κ3) is 4.10. The van der Waals surface area contributed by atoms with Crippen molar-refractivity contribution >= 4 is 11.3 Å². The molecular formula is C20H28N6S+2. The van der Waals surface area contributed by atoms with Gasteiger partial charge in [-0.15, -0.1) is 16.4 Å². The maximum absolute atomic E-state index is 4.49. The number of rotatable bonds is 6. The molecule has 1 aliphatic heterocycles. The van der Waals surface area contributed by atoms with Gasteiger partial charge in [0.25, 0.3) is 0 Å². The van der Waals surface area contributed by atoms with Gasteiger partial charge in [-0.2, -0.15) is 0 Å². The van der Waals surface area contributed by atoms with E-state index in [0.717, 1.165) is 25.5 Å². The van der Waals surface area contributed by atoms with Crippen molar-refractivity contribution in [3.8, 4) is 0 Å². The molecule has 2 N–H and O–H groups in total. The average Bonchev–Trinajstić information content (AvgIpc) is 3.37. The van der Waals surface area contributed by atoms with Crippen molar-refractivity contribution in [3.05, 3.63) is 63.6 Å². The summed E-state index contributed by atoms with van der Waals surface area (Å²) in [5.74, 6) is 0.974. The molecule has 0 saturated carbocycles. The summed E-state index contributed by atoms with van der Waals surface area (Å²) in [7, 11) is 0. The fourth-order valence-corrected chi connectivity index (χ4v) is 4.66. The number of thiophene rings is 1. The minimum atomic E-state index is 0.180. The summed E-state index contributed by atoms with van der Waals surface area (Å²) in [5.41, 5.74) is 2.59. The first-order valence-electron chi connectivity index (χ1n) is 9.77. The summed E-state index contributed by atoms with van der Waals surface area (Å²) in [4.78, 5) is 4.54. The predicted molar refractivity (Wildman–Crippen MR) is 106 cm³/mol. The van der Waals surface area contributed by atoms with Gasteiger partial charge in [-0.25, -0.2) is 4.68 Å². The van der Waals surface area contributed by atoms with E-state index in [2.05, 4.69) is 71.2 Å². The number of piperazine rings is 1. The van der Waals surface area contributed by atoms with Crippen molar-refractivity contribution in [1.82, 2.24) is 20.2 Å². The molecule has 2 aromatic heterocycles.